The van der Waals surface area contributed by atoms with E-state index in [9.17, 15) is 0 Å². The highest BCUT2D eigenvalue weighted by Crippen LogP contribution is 2.49. The summed E-state index contributed by atoms with van der Waals surface area (Å²) in [6, 6.07) is 10.6. The number of fused-ring (bicyclic) bond motifs is 1. The molecule has 2 N–H and O–H groups in total. The van der Waals surface area contributed by atoms with Crippen LogP contribution < -0.4 is 10.6 Å². The fraction of sp³-hybridized carbons (Fsp3) is 0.520. The molecule has 1 atom stereocenters. The van der Waals surface area contributed by atoms with Crippen molar-refractivity contribution in [3.8, 4) is 11.1 Å². The van der Waals surface area contributed by atoms with E-state index in [0.717, 1.165) is 74.9 Å². The van der Waals surface area contributed by atoms with E-state index < -0.39 is 0 Å². The lowest BCUT2D eigenvalue weighted by molar-refractivity contribution is 0.0331. The van der Waals surface area contributed by atoms with E-state index >= 15 is 0 Å². The van der Waals surface area contributed by atoms with E-state index in [2.05, 4.69) is 51.2 Å². The minimum Gasteiger partial charge on any atom is -0.379 e. The zero-order valence-electron chi connectivity index (χ0n) is 18.5. The van der Waals surface area contributed by atoms with Gasteiger partial charge in [0.2, 0.25) is 0 Å². The van der Waals surface area contributed by atoms with Crippen molar-refractivity contribution in [2.75, 3.05) is 51.3 Å². The summed E-state index contributed by atoms with van der Waals surface area (Å²) in [5.74, 6) is 2.77. The first-order valence-corrected chi connectivity index (χ1v) is 12.8. The molecule has 32 heavy (non-hydrogen) atoms. The highest BCUT2D eigenvalue weighted by Gasteiger charge is 2.46. The van der Waals surface area contributed by atoms with Crippen LogP contribution in [-0.4, -0.2) is 60.8 Å². The Bertz CT molecular complexity index is 1070. The Hall–Kier alpha value is -2.06. The van der Waals surface area contributed by atoms with Gasteiger partial charge in [0, 0.05) is 42.5 Å². The third kappa shape index (κ3) is 4.03. The highest BCUT2D eigenvalue weighted by atomic mass is 32.1. The van der Waals surface area contributed by atoms with Gasteiger partial charge in [-0.05, 0) is 37.3 Å². The SMILES string of the molecule is c1ccc(-c2csc3nc(CN4CCOCC4)nc(NCC4(C5CC5)CCNC4)c23)cc1. The molecule has 3 aromatic rings. The van der Waals surface area contributed by atoms with Gasteiger partial charge >= 0.3 is 0 Å². The van der Waals surface area contributed by atoms with Crippen molar-refractivity contribution in [2.24, 2.45) is 11.3 Å². The molecule has 1 aliphatic carbocycles. The molecular weight excluding hydrogens is 418 g/mol. The second-order valence-electron chi connectivity index (χ2n) is 9.49. The normalized spacial score (nSPS) is 24.2. The van der Waals surface area contributed by atoms with Gasteiger partial charge in [0.1, 0.15) is 16.5 Å². The first-order valence-electron chi connectivity index (χ1n) is 11.9. The van der Waals surface area contributed by atoms with Gasteiger partial charge < -0.3 is 15.4 Å². The molecule has 2 aliphatic heterocycles. The average molecular weight is 450 g/mol. The van der Waals surface area contributed by atoms with Gasteiger partial charge in [0.15, 0.2) is 0 Å². The summed E-state index contributed by atoms with van der Waals surface area (Å²) in [5.41, 5.74) is 2.83. The smallest absolute Gasteiger partial charge is 0.146 e. The lowest BCUT2D eigenvalue weighted by Gasteiger charge is -2.29. The molecule has 2 aromatic heterocycles. The summed E-state index contributed by atoms with van der Waals surface area (Å²) in [4.78, 5) is 13.6. The molecular formula is C25H31N5OS. The van der Waals surface area contributed by atoms with Gasteiger partial charge in [-0.1, -0.05) is 30.3 Å². The molecule has 6 rings (SSSR count). The number of ether oxygens (including phenoxy) is 1. The molecule has 6 nitrogen and oxygen atoms in total. The predicted molar refractivity (Wildman–Crippen MR) is 130 cm³/mol. The van der Waals surface area contributed by atoms with Crippen LogP contribution in [0.1, 0.15) is 25.1 Å². The summed E-state index contributed by atoms with van der Waals surface area (Å²) in [6.07, 6.45) is 4.01. The van der Waals surface area contributed by atoms with Crippen molar-refractivity contribution in [3.05, 3.63) is 41.5 Å². The van der Waals surface area contributed by atoms with E-state index in [1.165, 1.54) is 35.8 Å². The van der Waals surface area contributed by atoms with Crippen LogP contribution in [0.2, 0.25) is 0 Å². The molecule has 0 amide bonds. The Labute approximate surface area is 193 Å². The van der Waals surface area contributed by atoms with Gasteiger partial charge in [0.05, 0.1) is 25.1 Å². The number of hydrogen-bond donors (Lipinski definition) is 2. The third-order valence-corrected chi connectivity index (χ3v) is 8.23. The molecule has 0 radical (unpaired) electrons. The molecule has 1 saturated carbocycles. The Morgan fingerprint density at radius 3 is 2.75 bits per heavy atom. The summed E-state index contributed by atoms with van der Waals surface area (Å²) < 4.78 is 5.52. The lowest BCUT2D eigenvalue weighted by atomic mass is 9.81. The number of thiophene rings is 1. The van der Waals surface area contributed by atoms with Gasteiger partial charge in [-0.3, -0.25) is 4.90 Å². The van der Waals surface area contributed by atoms with Crippen molar-refractivity contribution >= 4 is 27.4 Å². The topological polar surface area (TPSA) is 62.3 Å². The molecule has 3 aliphatic rings. The number of hydrogen-bond acceptors (Lipinski definition) is 7. The monoisotopic (exact) mass is 449 g/mol. The molecule has 3 fully saturated rings. The number of anilines is 1. The summed E-state index contributed by atoms with van der Waals surface area (Å²) in [5, 5.41) is 10.9. The zero-order chi connectivity index (χ0) is 21.4. The van der Waals surface area contributed by atoms with Crippen LogP contribution in [0, 0.1) is 11.3 Å². The Morgan fingerprint density at radius 1 is 1.16 bits per heavy atom. The fourth-order valence-electron chi connectivity index (χ4n) is 5.34. The van der Waals surface area contributed by atoms with Gasteiger partial charge in [-0.25, -0.2) is 9.97 Å². The molecule has 168 valence electrons. The van der Waals surface area contributed by atoms with Gasteiger partial charge in [-0.2, -0.15) is 0 Å². The van der Waals surface area contributed by atoms with E-state index in [0.29, 0.717) is 5.41 Å². The van der Waals surface area contributed by atoms with Gasteiger partial charge in [-0.15, -0.1) is 11.3 Å². The summed E-state index contributed by atoms with van der Waals surface area (Å²) in [7, 11) is 0. The van der Waals surface area contributed by atoms with Crippen molar-refractivity contribution in [2.45, 2.75) is 25.8 Å². The molecule has 1 aromatic carbocycles. The summed E-state index contributed by atoms with van der Waals surface area (Å²) >= 11 is 1.73. The standard InChI is InChI=1S/C25H31N5OS/c1-2-4-18(5-3-1)20-15-32-24-22(20)23(27-17-25(19-6-7-19)8-9-26-16-25)28-21(29-24)14-30-10-12-31-13-11-30/h1-5,15,19,26H,6-14,16-17H2,(H,27,28,29). The first-order chi connectivity index (χ1) is 15.8. The Balaban J connectivity index is 1.36. The van der Waals surface area contributed by atoms with Crippen molar-refractivity contribution in [1.29, 1.82) is 0 Å². The van der Waals surface area contributed by atoms with Crippen LogP contribution in [-0.2, 0) is 11.3 Å². The van der Waals surface area contributed by atoms with Crippen molar-refractivity contribution < 1.29 is 4.74 Å². The maximum atomic E-state index is 5.52. The number of aromatic nitrogens is 2. The van der Waals surface area contributed by atoms with E-state index in [4.69, 9.17) is 14.7 Å². The highest BCUT2D eigenvalue weighted by molar-refractivity contribution is 7.17. The number of nitrogens with one attached hydrogen (secondary N) is 2. The van der Waals surface area contributed by atoms with Crippen LogP contribution >= 0.6 is 11.3 Å². The maximum absolute atomic E-state index is 5.52. The minimum atomic E-state index is 0.366. The number of nitrogens with zero attached hydrogens (tertiary/aromatic N) is 3. The maximum Gasteiger partial charge on any atom is 0.146 e. The van der Waals surface area contributed by atoms with Crippen molar-refractivity contribution in [3.63, 3.8) is 0 Å². The van der Waals surface area contributed by atoms with Crippen LogP contribution in [0.5, 0.6) is 0 Å². The largest absolute Gasteiger partial charge is 0.379 e. The molecule has 1 unspecified atom stereocenters. The van der Waals surface area contributed by atoms with Crippen molar-refractivity contribution in [1.82, 2.24) is 20.2 Å². The Morgan fingerprint density at radius 2 is 2.00 bits per heavy atom. The average Bonchev–Trinajstić information content (AvgIpc) is 3.44. The van der Waals surface area contributed by atoms with E-state index in [1.54, 1.807) is 11.3 Å². The quantitative estimate of drug-likeness (QED) is 0.569. The van der Waals surface area contributed by atoms with Crippen LogP contribution in [0.4, 0.5) is 5.82 Å². The van der Waals surface area contributed by atoms with Crippen LogP contribution in [0.25, 0.3) is 21.3 Å². The van der Waals surface area contributed by atoms with Crippen LogP contribution in [0.3, 0.4) is 0 Å². The van der Waals surface area contributed by atoms with E-state index in [1.807, 2.05) is 0 Å². The second kappa shape index (κ2) is 8.71. The number of benzene rings is 1. The Kier molecular flexibility index (Phi) is 5.59. The number of morpholine rings is 1. The van der Waals surface area contributed by atoms with Crippen LogP contribution in [0.15, 0.2) is 35.7 Å². The fourth-order valence-corrected chi connectivity index (χ4v) is 6.30. The molecule has 4 heterocycles. The second-order valence-corrected chi connectivity index (χ2v) is 10.3. The molecule has 7 heteroatoms. The number of rotatable bonds is 7. The minimum absolute atomic E-state index is 0.366. The molecule has 2 saturated heterocycles. The summed E-state index contributed by atoms with van der Waals surface area (Å²) in [6.45, 7) is 7.49. The van der Waals surface area contributed by atoms with Gasteiger partial charge in [0.25, 0.3) is 0 Å². The third-order valence-electron chi connectivity index (χ3n) is 7.36. The van der Waals surface area contributed by atoms with E-state index in [-0.39, 0.29) is 0 Å². The molecule has 0 bridgehead atoms. The lowest BCUT2D eigenvalue weighted by Crippen LogP contribution is -2.36. The zero-order valence-corrected chi connectivity index (χ0v) is 19.3. The molecule has 0 spiro atoms. The first kappa shape index (κ1) is 20.5. The predicted octanol–water partition coefficient (Wildman–Crippen LogP) is 3.99.